The number of rotatable bonds is 3. The fourth-order valence-electron chi connectivity index (χ4n) is 3.06. The largest absolute Gasteiger partial charge is 0.493 e. The van der Waals surface area contributed by atoms with Crippen LogP contribution in [0.4, 0.5) is 0 Å². The number of benzene rings is 1. The van der Waals surface area contributed by atoms with E-state index < -0.39 is 5.91 Å². The number of Topliss-reactive ketones (excluding diaryl/α,β-unsaturated/α-hetero) is 1. The van der Waals surface area contributed by atoms with Gasteiger partial charge in [-0.2, -0.15) is 0 Å². The lowest BCUT2D eigenvalue weighted by atomic mass is 9.88. The Bertz CT molecular complexity index is 703. The molecule has 3 rings (SSSR count). The molecule has 1 aromatic carbocycles. The van der Waals surface area contributed by atoms with Crippen LogP contribution < -0.4 is 9.47 Å². The van der Waals surface area contributed by atoms with Crippen LogP contribution in [0.15, 0.2) is 17.7 Å². The molecular weight excluding hydrogens is 282 g/mol. The van der Waals surface area contributed by atoms with E-state index in [2.05, 4.69) is 0 Å². The summed E-state index contributed by atoms with van der Waals surface area (Å²) in [6, 6.07) is 3.82. The molecule has 0 radical (unpaired) electrons. The van der Waals surface area contributed by atoms with Crippen molar-refractivity contribution in [2.45, 2.75) is 32.8 Å². The normalized spacial score (nSPS) is 17.0. The van der Waals surface area contributed by atoms with Gasteiger partial charge in [-0.05, 0) is 44.4 Å². The topological polar surface area (TPSA) is 55.8 Å². The van der Waals surface area contributed by atoms with E-state index in [1.165, 1.54) is 4.90 Å². The lowest BCUT2D eigenvalue weighted by Crippen LogP contribution is -2.24. The first kappa shape index (κ1) is 14.6. The van der Waals surface area contributed by atoms with Crippen molar-refractivity contribution >= 4 is 17.4 Å². The number of carbonyl (C=O) groups excluding carboxylic acids is 2. The van der Waals surface area contributed by atoms with Gasteiger partial charge in [0.15, 0.2) is 11.5 Å². The number of ether oxygens (including phenoxy) is 2. The molecule has 0 aromatic heterocycles. The molecule has 2 aliphatic rings. The number of fused-ring (bicyclic) bond motifs is 2. The van der Waals surface area contributed by atoms with Crippen molar-refractivity contribution in [2.75, 3.05) is 14.2 Å². The second-order valence-electron chi connectivity index (χ2n) is 5.85. The Kier molecular flexibility index (Phi) is 3.43. The number of ketones is 1. The zero-order valence-corrected chi connectivity index (χ0v) is 13.2. The maximum atomic E-state index is 12.0. The summed E-state index contributed by atoms with van der Waals surface area (Å²) in [5.74, 6) is 0.462. The summed E-state index contributed by atoms with van der Waals surface area (Å²) >= 11 is 0. The van der Waals surface area contributed by atoms with E-state index in [-0.39, 0.29) is 11.9 Å². The average Bonchev–Trinajstić information content (AvgIpc) is 2.70. The first-order valence-electron chi connectivity index (χ1n) is 7.37. The van der Waals surface area contributed by atoms with Crippen LogP contribution in [0.3, 0.4) is 0 Å². The molecule has 1 aliphatic carbocycles. The fourth-order valence-corrected chi connectivity index (χ4v) is 3.06. The quantitative estimate of drug-likeness (QED) is 0.803. The number of carbonyl (C=O) groups is 2. The van der Waals surface area contributed by atoms with Gasteiger partial charge in [0.05, 0.1) is 18.9 Å². The van der Waals surface area contributed by atoms with Gasteiger partial charge in [0.1, 0.15) is 0 Å². The molecule has 1 aliphatic heterocycles. The second-order valence-corrected chi connectivity index (χ2v) is 5.85. The van der Waals surface area contributed by atoms with E-state index in [1.54, 1.807) is 14.2 Å². The summed E-state index contributed by atoms with van der Waals surface area (Å²) in [6.07, 6.45) is 1.35. The molecule has 0 bridgehead atoms. The predicted molar refractivity (Wildman–Crippen MR) is 81.8 cm³/mol. The minimum absolute atomic E-state index is 0.0441. The fraction of sp³-hybridized carbons (Fsp3) is 0.412. The maximum absolute atomic E-state index is 12.0. The van der Waals surface area contributed by atoms with Gasteiger partial charge in [-0.25, -0.2) is 0 Å². The van der Waals surface area contributed by atoms with Crippen LogP contribution in [0.5, 0.6) is 11.5 Å². The van der Waals surface area contributed by atoms with Gasteiger partial charge in [-0.3, -0.25) is 9.59 Å². The highest BCUT2D eigenvalue weighted by atomic mass is 16.5. The first-order chi connectivity index (χ1) is 10.4. The zero-order valence-electron chi connectivity index (χ0n) is 13.2. The van der Waals surface area contributed by atoms with E-state index in [4.69, 9.17) is 9.47 Å². The zero-order chi connectivity index (χ0) is 16.0. The first-order valence-corrected chi connectivity index (χ1v) is 7.37. The van der Waals surface area contributed by atoms with Crippen LogP contribution in [0.1, 0.15) is 31.4 Å². The number of hydrogen-bond donors (Lipinski definition) is 0. The highest BCUT2D eigenvalue weighted by Gasteiger charge is 2.39. The van der Waals surface area contributed by atoms with E-state index in [0.717, 1.165) is 17.5 Å². The molecule has 0 atom stereocenters. The van der Waals surface area contributed by atoms with Crippen molar-refractivity contribution in [3.05, 3.63) is 28.8 Å². The molecule has 116 valence electrons. The van der Waals surface area contributed by atoms with E-state index in [0.29, 0.717) is 29.2 Å². The van der Waals surface area contributed by atoms with Gasteiger partial charge in [0.25, 0.3) is 5.91 Å². The summed E-state index contributed by atoms with van der Waals surface area (Å²) in [4.78, 5) is 25.4. The number of likely N-dealkylation sites (N-methyl/N-ethyl adjacent to an activating group) is 1. The minimum Gasteiger partial charge on any atom is -0.493 e. The van der Waals surface area contributed by atoms with Crippen LogP contribution in [-0.2, 0) is 16.0 Å². The maximum Gasteiger partial charge on any atom is 0.298 e. The third-order valence-electron chi connectivity index (χ3n) is 4.05. The van der Waals surface area contributed by atoms with E-state index >= 15 is 0 Å². The Morgan fingerprint density at radius 2 is 1.86 bits per heavy atom. The SMILES string of the molecule is COc1cc2c(cc1OC(C)C)CCC1=C2N(C)C(=O)C1=O. The minimum atomic E-state index is -0.459. The number of amides is 1. The molecule has 1 heterocycles. The van der Waals surface area contributed by atoms with Gasteiger partial charge in [0.2, 0.25) is 5.78 Å². The molecule has 1 amide bonds. The van der Waals surface area contributed by atoms with Crippen molar-refractivity contribution in [3.8, 4) is 11.5 Å². The van der Waals surface area contributed by atoms with Gasteiger partial charge in [-0.1, -0.05) is 0 Å². The second kappa shape index (κ2) is 5.16. The van der Waals surface area contributed by atoms with Gasteiger partial charge in [-0.15, -0.1) is 0 Å². The van der Waals surface area contributed by atoms with Gasteiger partial charge >= 0.3 is 0 Å². The van der Waals surface area contributed by atoms with Crippen molar-refractivity contribution < 1.29 is 19.1 Å². The van der Waals surface area contributed by atoms with Crippen LogP contribution >= 0.6 is 0 Å². The Hall–Kier alpha value is -2.30. The third-order valence-corrected chi connectivity index (χ3v) is 4.05. The highest BCUT2D eigenvalue weighted by Crippen LogP contribution is 2.42. The number of hydrogen-bond acceptors (Lipinski definition) is 4. The molecule has 0 saturated heterocycles. The lowest BCUT2D eigenvalue weighted by Gasteiger charge is -2.24. The molecule has 5 heteroatoms. The monoisotopic (exact) mass is 301 g/mol. The summed E-state index contributed by atoms with van der Waals surface area (Å²) in [6.45, 7) is 3.92. The Balaban J connectivity index is 2.14. The molecule has 1 aromatic rings. The molecule has 5 nitrogen and oxygen atoms in total. The standard InChI is InChI=1S/C17H19NO4/c1-9(2)22-14-7-10-5-6-11-15(12(10)8-13(14)21-4)18(3)17(20)16(11)19/h7-9H,5-6H2,1-4H3. The molecule has 0 saturated carbocycles. The van der Waals surface area contributed by atoms with Crippen LogP contribution in [0.25, 0.3) is 5.70 Å². The number of aryl methyl sites for hydroxylation is 1. The van der Waals surface area contributed by atoms with E-state index in [9.17, 15) is 9.59 Å². The average molecular weight is 301 g/mol. The van der Waals surface area contributed by atoms with E-state index in [1.807, 2.05) is 26.0 Å². The van der Waals surface area contributed by atoms with Crippen LogP contribution in [-0.4, -0.2) is 36.9 Å². The number of nitrogens with zero attached hydrogens (tertiary/aromatic N) is 1. The molecule has 22 heavy (non-hydrogen) atoms. The molecule has 0 fully saturated rings. The number of methoxy groups -OCH3 is 1. The van der Waals surface area contributed by atoms with Crippen molar-refractivity contribution in [1.82, 2.24) is 4.90 Å². The summed E-state index contributed by atoms with van der Waals surface area (Å²) in [5, 5.41) is 0. The Labute approximate surface area is 129 Å². The Morgan fingerprint density at radius 1 is 1.14 bits per heavy atom. The third kappa shape index (κ3) is 2.08. The van der Waals surface area contributed by atoms with Crippen LogP contribution in [0, 0.1) is 0 Å². The van der Waals surface area contributed by atoms with Gasteiger partial charge < -0.3 is 14.4 Å². The smallest absolute Gasteiger partial charge is 0.298 e. The summed E-state index contributed by atoms with van der Waals surface area (Å²) in [5.41, 5.74) is 3.28. The van der Waals surface area contributed by atoms with Crippen molar-refractivity contribution in [3.63, 3.8) is 0 Å². The van der Waals surface area contributed by atoms with Crippen LogP contribution in [0.2, 0.25) is 0 Å². The lowest BCUT2D eigenvalue weighted by molar-refractivity contribution is -0.138. The highest BCUT2D eigenvalue weighted by molar-refractivity contribution is 6.48. The molecular formula is C17H19NO4. The van der Waals surface area contributed by atoms with Crippen molar-refractivity contribution in [1.29, 1.82) is 0 Å². The molecule has 0 unspecified atom stereocenters. The summed E-state index contributed by atoms with van der Waals surface area (Å²) in [7, 11) is 3.23. The molecule has 0 spiro atoms. The van der Waals surface area contributed by atoms with Gasteiger partial charge in [0, 0.05) is 18.2 Å². The predicted octanol–water partition coefficient (Wildman–Crippen LogP) is 2.18. The van der Waals surface area contributed by atoms with Crippen molar-refractivity contribution in [2.24, 2.45) is 0 Å². The molecule has 0 N–H and O–H groups in total. The Morgan fingerprint density at radius 3 is 2.50 bits per heavy atom. The summed E-state index contributed by atoms with van der Waals surface area (Å²) < 4.78 is 11.2.